The maximum atomic E-state index is 13.4. The van der Waals surface area contributed by atoms with Crippen LogP contribution in [0, 0.1) is 12.8 Å². The molecule has 230 valence electrons. The van der Waals surface area contributed by atoms with Gasteiger partial charge < -0.3 is 19.5 Å². The summed E-state index contributed by atoms with van der Waals surface area (Å²) >= 11 is 0. The highest BCUT2D eigenvalue weighted by Gasteiger charge is 2.32. The molecule has 2 heterocycles. The van der Waals surface area contributed by atoms with Crippen LogP contribution >= 0.6 is 0 Å². The van der Waals surface area contributed by atoms with Gasteiger partial charge in [0, 0.05) is 38.8 Å². The first kappa shape index (κ1) is 33.1. The number of likely N-dealkylation sites (N-methyl/N-ethyl adjacent to an activating group) is 1. The summed E-state index contributed by atoms with van der Waals surface area (Å²) in [7, 11) is 6.11. The molecule has 1 aliphatic carbocycles. The molecule has 0 amide bonds. The molecule has 1 atom stereocenters. The molecule has 0 bridgehead atoms. The van der Waals surface area contributed by atoms with Crippen LogP contribution in [-0.4, -0.2) is 84.0 Å². The molecule has 1 aromatic carbocycles. The van der Waals surface area contributed by atoms with Gasteiger partial charge in [0.05, 0.1) is 17.1 Å². The molecule has 1 saturated carbocycles. The van der Waals surface area contributed by atoms with Crippen molar-refractivity contribution in [1.29, 1.82) is 0 Å². The van der Waals surface area contributed by atoms with Crippen molar-refractivity contribution in [3.05, 3.63) is 46.0 Å². The lowest BCUT2D eigenvalue weighted by atomic mass is 9.96. The van der Waals surface area contributed by atoms with E-state index in [1.807, 2.05) is 28.1 Å². The first-order valence-corrected chi connectivity index (χ1v) is 16.1. The second-order valence-corrected chi connectivity index (χ2v) is 12.6. The van der Waals surface area contributed by atoms with Gasteiger partial charge in [0.2, 0.25) is 0 Å². The Morgan fingerprint density at radius 1 is 1.05 bits per heavy atom. The van der Waals surface area contributed by atoms with E-state index in [1.165, 1.54) is 69.5 Å². The van der Waals surface area contributed by atoms with Gasteiger partial charge in [-0.1, -0.05) is 27.4 Å². The van der Waals surface area contributed by atoms with E-state index in [0.717, 1.165) is 48.2 Å². The molecular formula is C34H57N5O2. The number of piperidine rings is 1. The van der Waals surface area contributed by atoms with Gasteiger partial charge >= 0.3 is 5.69 Å². The lowest BCUT2D eigenvalue weighted by Crippen LogP contribution is -2.37. The lowest BCUT2D eigenvalue weighted by Gasteiger charge is -2.33. The fraction of sp³-hybridized carbons (Fsp3) is 0.706. The third-order valence-corrected chi connectivity index (χ3v) is 8.92. The summed E-state index contributed by atoms with van der Waals surface area (Å²) in [4.78, 5) is 31.5. The van der Waals surface area contributed by atoms with Crippen LogP contribution < -0.4 is 5.69 Å². The van der Waals surface area contributed by atoms with Crippen LogP contribution in [0.4, 0.5) is 0 Å². The number of rotatable bonds is 14. The second-order valence-electron chi connectivity index (χ2n) is 12.6. The zero-order valence-corrected chi connectivity index (χ0v) is 27.1. The number of carbonyl (C=O) groups is 1. The van der Waals surface area contributed by atoms with E-state index < -0.39 is 0 Å². The van der Waals surface area contributed by atoms with Crippen LogP contribution in [0.15, 0.2) is 29.2 Å². The average molecular weight is 568 g/mol. The molecule has 4 rings (SSSR count). The Morgan fingerprint density at radius 3 is 2.20 bits per heavy atom. The summed E-state index contributed by atoms with van der Waals surface area (Å²) < 4.78 is 3.83. The third-order valence-electron chi connectivity index (χ3n) is 8.92. The van der Waals surface area contributed by atoms with Crippen LogP contribution in [0.1, 0.15) is 95.3 Å². The Balaban J connectivity index is 0.000000263. The van der Waals surface area contributed by atoms with Gasteiger partial charge in [-0.25, -0.2) is 4.79 Å². The summed E-state index contributed by atoms with van der Waals surface area (Å²) in [6.45, 7) is 19.6. The van der Waals surface area contributed by atoms with Crippen molar-refractivity contribution < 1.29 is 4.79 Å². The molecule has 1 aliphatic heterocycles. The van der Waals surface area contributed by atoms with E-state index in [-0.39, 0.29) is 11.7 Å². The summed E-state index contributed by atoms with van der Waals surface area (Å²) in [5.41, 5.74) is 5.32. The summed E-state index contributed by atoms with van der Waals surface area (Å²) in [6.07, 6.45) is 10.4. The Hall–Kier alpha value is -2.38. The molecule has 0 radical (unpaired) electrons. The van der Waals surface area contributed by atoms with Gasteiger partial charge in [-0.2, -0.15) is 0 Å². The molecule has 2 aliphatic rings. The van der Waals surface area contributed by atoms with Crippen LogP contribution in [0.25, 0.3) is 11.0 Å². The van der Waals surface area contributed by atoms with Gasteiger partial charge in [0.25, 0.3) is 0 Å². The minimum atomic E-state index is -0.211. The molecule has 41 heavy (non-hydrogen) atoms. The van der Waals surface area contributed by atoms with E-state index in [2.05, 4.69) is 63.3 Å². The van der Waals surface area contributed by atoms with E-state index in [4.69, 9.17) is 0 Å². The van der Waals surface area contributed by atoms with E-state index in [1.54, 1.807) is 0 Å². The maximum absolute atomic E-state index is 13.4. The summed E-state index contributed by atoms with van der Waals surface area (Å²) in [6, 6.07) is 4.40. The predicted molar refractivity (Wildman–Crippen MR) is 173 cm³/mol. The zero-order chi connectivity index (χ0) is 30.1. The number of aldehydes is 1. The molecular weight excluding hydrogens is 510 g/mol. The number of aromatic nitrogens is 2. The van der Waals surface area contributed by atoms with Crippen molar-refractivity contribution in [1.82, 2.24) is 23.8 Å². The quantitative estimate of drug-likeness (QED) is 0.260. The Kier molecular flexibility index (Phi) is 12.7. The molecule has 7 heteroatoms. The van der Waals surface area contributed by atoms with Crippen LogP contribution in [-0.2, 0) is 11.2 Å². The van der Waals surface area contributed by atoms with Gasteiger partial charge in [0.1, 0.15) is 6.29 Å². The van der Waals surface area contributed by atoms with Crippen molar-refractivity contribution in [2.45, 2.75) is 97.6 Å². The number of hydrogen-bond acceptors (Lipinski definition) is 5. The van der Waals surface area contributed by atoms with Crippen LogP contribution in [0.5, 0.6) is 0 Å². The normalized spacial score (nSPS) is 17.0. The molecule has 1 saturated heterocycles. The number of imidazole rings is 1. The zero-order valence-electron chi connectivity index (χ0n) is 27.1. The predicted octanol–water partition coefficient (Wildman–Crippen LogP) is 6.05. The molecule has 2 fully saturated rings. The van der Waals surface area contributed by atoms with Gasteiger partial charge in [-0.15, -0.1) is 0 Å². The Bertz CT molecular complexity index is 1180. The van der Waals surface area contributed by atoms with Gasteiger partial charge in [-0.05, 0) is 121 Å². The first-order chi connectivity index (χ1) is 19.7. The number of allylic oxidation sites excluding steroid dienone is 1. The smallest absolute Gasteiger partial charge is 0.329 e. The van der Waals surface area contributed by atoms with Crippen molar-refractivity contribution in [3.63, 3.8) is 0 Å². The topological polar surface area (TPSA) is 53.7 Å². The molecule has 1 aromatic heterocycles. The Labute approximate surface area is 249 Å². The standard InChI is InChI=1S/C21H29N3O2.C13H28N2/c1-6-16-13-20-19(12-14(16)2)24(21(26)23(20)17-9-10-17)18(8-7-11-25)15(3)22(4)5;1-4-8-15(9-5-2)12-13-6-10-14(3)11-7-13/h11-13,17-18H,3,6-10H2,1-2,4-5H3;13H,4-12H2,1-3H3. The second kappa shape index (κ2) is 15.7. The average Bonchev–Trinajstić information content (AvgIpc) is 3.74. The molecule has 0 spiro atoms. The van der Waals surface area contributed by atoms with E-state index in [0.29, 0.717) is 18.9 Å². The van der Waals surface area contributed by atoms with Crippen molar-refractivity contribution in [3.8, 4) is 0 Å². The Morgan fingerprint density at radius 2 is 1.68 bits per heavy atom. The van der Waals surface area contributed by atoms with Gasteiger partial charge in [-0.3, -0.25) is 9.13 Å². The lowest BCUT2D eigenvalue weighted by molar-refractivity contribution is -0.108. The number of hydrogen-bond donors (Lipinski definition) is 0. The number of fused-ring (bicyclic) bond motifs is 1. The van der Waals surface area contributed by atoms with E-state index in [9.17, 15) is 9.59 Å². The molecule has 7 nitrogen and oxygen atoms in total. The van der Waals surface area contributed by atoms with Crippen LogP contribution in [0.3, 0.4) is 0 Å². The number of likely N-dealkylation sites (tertiary alicyclic amines) is 1. The van der Waals surface area contributed by atoms with Gasteiger partial charge in [0.15, 0.2) is 0 Å². The fourth-order valence-electron chi connectivity index (χ4n) is 6.31. The first-order valence-electron chi connectivity index (χ1n) is 16.1. The van der Waals surface area contributed by atoms with Crippen LogP contribution in [0.2, 0.25) is 0 Å². The molecule has 0 N–H and O–H groups in total. The highest BCUT2D eigenvalue weighted by atomic mass is 16.2. The van der Waals surface area contributed by atoms with Crippen molar-refractivity contribution >= 4 is 17.3 Å². The molecule has 1 unspecified atom stereocenters. The number of carbonyl (C=O) groups excluding carboxylic acids is 1. The number of benzene rings is 1. The SMILES string of the molecule is C=C(C(CCC=O)n1c(=O)n(C2CC2)c2cc(CC)c(C)cc21)N(C)C.CCCN(CCC)CC1CCN(C)CC1. The molecule has 2 aromatic rings. The van der Waals surface area contributed by atoms with Crippen molar-refractivity contribution in [2.75, 3.05) is 53.9 Å². The summed E-state index contributed by atoms with van der Waals surface area (Å²) in [5.74, 6) is 0.958. The highest BCUT2D eigenvalue weighted by Crippen LogP contribution is 2.38. The minimum Gasteiger partial charge on any atom is -0.380 e. The summed E-state index contributed by atoms with van der Waals surface area (Å²) in [5, 5.41) is 0. The van der Waals surface area contributed by atoms with E-state index >= 15 is 0 Å². The highest BCUT2D eigenvalue weighted by molar-refractivity contribution is 5.79. The monoisotopic (exact) mass is 567 g/mol. The maximum Gasteiger partial charge on any atom is 0.329 e. The minimum absolute atomic E-state index is 0.0223. The van der Waals surface area contributed by atoms with Crippen molar-refractivity contribution in [2.24, 2.45) is 5.92 Å². The number of nitrogens with zero attached hydrogens (tertiary/aromatic N) is 5. The third kappa shape index (κ3) is 8.57. The largest absolute Gasteiger partial charge is 0.380 e. The number of aryl methyl sites for hydroxylation is 2. The fourth-order valence-corrected chi connectivity index (χ4v) is 6.31.